The van der Waals surface area contributed by atoms with E-state index in [1.165, 1.54) is 14.9 Å². The van der Waals surface area contributed by atoms with Gasteiger partial charge in [0.1, 0.15) is 10.9 Å². The average molecular weight is 368 g/mol. The van der Waals surface area contributed by atoms with Gasteiger partial charge in [-0.15, -0.1) is 11.3 Å². The lowest BCUT2D eigenvalue weighted by atomic mass is 10.0. The monoisotopic (exact) mass is 368 g/mol. The maximum atomic E-state index is 9.09. The summed E-state index contributed by atoms with van der Waals surface area (Å²) in [7, 11) is 0. The van der Waals surface area contributed by atoms with E-state index in [0.717, 1.165) is 28.8 Å². The highest BCUT2D eigenvalue weighted by molar-refractivity contribution is 14.1. The minimum Gasteiger partial charge on any atom is -0.397 e. The Hall–Kier alpha value is -1.06. The van der Waals surface area contributed by atoms with Crippen LogP contribution in [0.15, 0.2) is 24.3 Å². The molecular formula is C14H13IN2S. The van der Waals surface area contributed by atoms with Gasteiger partial charge < -0.3 is 5.73 Å². The Bertz CT molecular complexity index is 593. The molecule has 0 saturated heterocycles. The second-order valence-electron chi connectivity index (χ2n) is 4.02. The molecule has 0 aliphatic heterocycles. The van der Waals surface area contributed by atoms with Crippen molar-refractivity contribution < 1.29 is 0 Å². The largest absolute Gasteiger partial charge is 0.397 e. The summed E-state index contributed by atoms with van der Waals surface area (Å²) in [6.45, 7) is 2.13. The quantitative estimate of drug-likeness (QED) is 0.815. The fraction of sp³-hybridized carbons (Fsp3) is 0.214. The van der Waals surface area contributed by atoms with Crippen molar-refractivity contribution in [1.82, 2.24) is 0 Å². The van der Waals surface area contributed by atoms with Gasteiger partial charge >= 0.3 is 0 Å². The SMILES string of the molecule is CCCc1c(-c2ccc(I)cc2)sc(C#N)c1N. The Morgan fingerprint density at radius 2 is 2.00 bits per heavy atom. The molecule has 0 radical (unpaired) electrons. The summed E-state index contributed by atoms with van der Waals surface area (Å²) in [5.74, 6) is 0. The van der Waals surface area contributed by atoms with Crippen LogP contribution in [0.25, 0.3) is 10.4 Å². The molecule has 2 rings (SSSR count). The number of nitrogens with zero attached hydrogens (tertiary/aromatic N) is 1. The molecule has 0 amide bonds. The van der Waals surface area contributed by atoms with Crippen LogP contribution in [0.5, 0.6) is 0 Å². The van der Waals surface area contributed by atoms with E-state index in [9.17, 15) is 0 Å². The normalized spacial score (nSPS) is 10.3. The second-order valence-corrected chi connectivity index (χ2v) is 6.29. The van der Waals surface area contributed by atoms with Crippen LogP contribution < -0.4 is 5.73 Å². The minimum atomic E-state index is 0.631. The summed E-state index contributed by atoms with van der Waals surface area (Å²) in [5.41, 5.74) is 8.99. The topological polar surface area (TPSA) is 49.8 Å². The van der Waals surface area contributed by atoms with E-state index in [4.69, 9.17) is 11.0 Å². The third-order valence-corrected chi connectivity index (χ3v) is 4.68. The van der Waals surface area contributed by atoms with Crippen LogP contribution in [0.3, 0.4) is 0 Å². The van der Waals surface area contributed by atoms with E-state index in [0.29, 0.717) is 10.6 Å². The van der Waals surface area contributed by atoms with Gasteiger partial charge in [0.25, 0.3) is 0 Å². The van der Waals surface area contributed by atoms with Crippen LogP contribution in [-0.4, -0.2) is 0 Å². The first kappa shape index (κ1) is 13.4. The molecule has 0 spiro atoms. The molecule has 0 aliphatic rings. The smallest absolute Gasteiger partial charge is 0.128 e. The summed E-state index contributed by atoms with van der Waals surface area (Å²) in [4.78, 5) is 1.77. The van der Waals surface area contributed by atoms with Gasteiger partial charge in [-0.1, -0.05) is 25.5 Å². The lowest BCUT2D eigenvalue weighted by molar-refractivity contribution is 0.930. The molecule has 18 heavy (non-hydrogen) atoms. The predicted octanol–water partition coefficient (Wildman–Crippen LogP) is 4.43. The van der Waals surface area contributed by atoms with Gasteiger partial charge in [0.15, 0.2) is 0 Å². The van der Waals surface area contributed by atoms with E-state index >= 15 is 0 Å². The first-order valence-corrected chi connectivity index (χ1v) is 7.64. The molecule has 0 unspecified atom stereocenters. The Kier molecular flexibility index (Phi) is 4.25. The van der Waals surface area contributed by atoms with E-state index in [1.54, 1.807) is 0 Å². The van der Waals surface area contributed by atoms with Crippen molar-refractivity contribution in [1.29, 1.82) is 5.26 Å². The summed E-state index contributed by atoms with van der Waals surface area (Å²) in [5, 5.41) is 9.09. The number of hydrogen-bond acceptors (Lipinski definition) is 3. The Morgan fingerprint density at radius 1 is 1.33 bits per heavy atom. The van der Waals surface area contributed by atoms with Crippen LogP contribution in [-0.2, 0) is 6.42 Å². The van der Waals surface area contributed by atoms with Crippen molar-refractivity contribution in [3.63, 3.8) is 0 Å². The van der Waals surface area contributed by atoms with Crippen LogP contribution in [0.1, 0.15) is 23.8 Å². The van der Waals surface area contributed by atoms with E-state index < -0.39 is 0 Å². The molecule has 0 fully saturated rings. The van der Waals surface area contributed by atoms with Gasteiger partial charge in [0.2, 0.25) is 0 Å². The summed E-state index contributed by atoms with van der Waals surface area (Å²) in [6, 6.07) is 10.5. The zero-order chi connectivity index (χ0) is 13.1. The molecule has 0 aliphatic carbocycles. The van der Waals surface area contributed by atoms with Crippen molar-refractivity contribution in [2.45, 2.75) is 19.8 Å². The van der Waals surface area contributed by atoms with E-state index in [2.05, 4.69) is 59.8 Å². The van der Waals surface area contributed by atoms with Gasteiger partial charge in [0, 0.05) is 8.45 Å². The third-order valence-electron chi connectivity index (χ3n) is 2.76. The molecule has 1 heterocycles. The fourth-order valence-corrected chi connectivity index (χ4v) is 3.33. The van der Waals surface area contributed by atoms with Crippen LogP contribution in [0.2, 0.25) is 0 Å². The van der Waals surface area contributed by atoms with Crippen molar-refractivity contribution in [2.24, 2.45) is 0 Å². The van der Waals surface area contributed by atoms with Gasteiger partial charge in [-0.2, -0.15) is 5.26 Å². The van der Waals surface area contributed by atoms with Crippen molar-refractivity contribution in [2.75, 3.05) is 5.73 Å². The number of halogens is 1. The number of nitrogen functional groups attached to an aromatic ring is 1. The Morgan fingerprint density at radius 3 is 2.56 bits per heavy atom. The van der Waals surface area contributed by atoms with Crippen LogP contribution >= 0.6 is 33.9 Å². The third kappa shape index (κ3) is 2.52. The highest BCUT2D eigenvalue weighted by atomic mass is 127. The zero-order valence-corrected chi connectivity index (χ0v) is 13.0. The van der Waals surface area contributed by atoms with Gasteiger partial charge in [-0.25, -0.2) is 0 Å². The molecular weight excluding hydrogens is 355 g/mol. The lowest BCUT2D eigenvalue weighted by Crippen LogP contribution is -1.93. The number of thiophene rings is 1. The molecule has 1 aromatic heterocycles. The minimum absolute atomic E-state index is 0.631. The molecule has 2 nitrogen and oxygen atoms in total. The average Bonchev–Trinajstić information content (AvgIpc) is 2.69. The van der Waals surface area contributed by atoms with E-state index in [1.807, 2.05) is 0 Å². The Labute approximate surface area is 125 Å². The Balaban J connectivity index is 2.56. The van der Waals surface area contributed by atoms with Crippen LogP contribution in [0, 0.1) is 14.9 Å². The molecule has 1 aromatic carbocycles. The first-order valence-electron chi connectivity index (χ1n) is 5.74. The zero-order valence-electron chi connectivity index (χ0n) is 10.0. The summed E-state index contributed by atoms with van der Waals surface area (Å²) >= 11 is 3.78. The molecule has 4 heteroatoms. The maximum absolute atomic E-state index is 9.09. The first-order chi connectivity index (χ1) is 8.67. The second kappa shape index (κ2) is 5.72. The van der Waals surface area contributed by atoms with Gasteiger partial charge in [0.05, 0.1) is 5.69 Å². The van der Waals surface area contributed by atoms with Crippen molar-refractivity contribution >= 4 is 39.6 Å². The molecule has 0 bridgehead atoms. The van der Waals surface area contributed by atoms with Crippen LogP contribution in [0.4, 0.5) is 5.69 Å². The summed E-state index contributed by atoms with van der Waals surface area (Å²) < 4.78 is 1.21. The number of nitrogens with two attached hydrogens (primary N) is 1. The highest BCUT2D eigenvalue weighted by Gasteiger charge is 2.16. The van der Waals surface area contributed by atoms with Crippen molar-refractivity contribution in [3.8, 4) is 16.5 Å². The molecule has 0 atom stereocenters. The standard InChI is InChI=1S/C14H13IN2S/c1-2-3-11-13(17)12(8-16)18-14(11)9-4-6-10(15)7-5-9/h4-7H,2-3,17H2,1H3. The molecule has 92 valence electrons. The fourth-order valence-electron chi connectivity index (χ4n) is 1.89. The number of nitriles is 1. The van der Waals surface area contributed by atoms with E-state index in [-0.39, 0.29) is 0 Å². The summed E-state index contributed by atoms with van der Waals surface area (Å²) in [6.07, 6.45) is 1.95. The molecule has 2 N–H and O–H groups in total. The number of anilines is 1. The maximum Gasteiger partial charge on any atom is 0.128 e. The number of benzene rings is 1. The number of rotatable bonds is 3. The van der Waals surface area contributed by atoms with Gasteiger partial charge in [-0.05, 0) is 52.3 Å². The molecule has 0 saturated carbocycles. The van der Waals surface area contributed by atoms with Crippen molar-refractivity contribution in [3.05, 3.63) is 38.3 Å². The highest BCUT2D eigenvalue weighted by Crippen LogP contribution is 2.39. The number of hydrogen-bond donors (Lipinski definition) is 1. The molecule has 2 aromatic rings. The predicted molar refractivity (Wildman–Crippen MR) is 85.6 cm³/mol. The lowest BCUT2D eigenvalue weighted by Gasteiger charge is -2.04. The van der Waals surface area contributed by atoms with Gasteiger partial charge in [-0.3, -0.25) is 0 Å².